The van der Waals surface area contributed by atoms with Crippen molar-refractivity contribution in [3.05, 3.63) is 88.7 Å². The molecule has 3 aromatic carbocycles. The molecule has 2 heterocycles. The van der Waals surface area contributed by atoms with Gasteiger partial charge in [0.15, 0.2) is 0 Å². The van der Waals surface area contributed by atoms with Crippen molar-refractivity contribution >= 4 is 5.96 Å². The van der Waals surface area contributed by atoms with E-state index < -0.39 is 11.5 Å². The Labute approximate surface area is 203 Å². The van der Waals surface area contributed by atoms with Crippen LogP contribution in [0.2, 0.25) is 0 Å². The number of fused-ring (bicyclic) bond motifs is 3. The highest BCUT2D eigenvalue weighted by atomic mass is 19.1. The number of ether oxygens (including phenoxy) is 1. The van der Waals surface area contributed by atoms with Crippen LogP contribution in [0, 0.1) is 17.1 Å². The van der Waals surface area contributed by atoms with Gasteiger partial charge in [-0.2, -0.15) is 5.26 Å². The van der Waals surface area contributed by atoms with E-state index in [4.69, 9.17) is 20.3 Å². The zero-order valence-corrected chi connectivity index (χ0v) is 19.4. The summed E-state index contributed by atoms with van der Waals surface area (Å²) < 4.78 is 20.5. The third kappa shape index (κ3) is 3.53. The number of aliphatic imine (C=N–C) groups is 1. The standard InChI is InChI=1S/C28H25FN4O2/c1-33-27(31)32-28(35-33)15-26(22-8-4-6-17-5-2-3-7-21(17)22)34-25-12-10-19(14-23(25)28)18-9-11-24(29)20(13-18)16-30/h2-3,5,7,9-14,22,26H,4,6,8,15H2,1H3,(H2,31,32)/t22?,26-,28+/m0/s1. The van der Waals surface area contributed by atoms with Gasteiger partial charge in [0.05, 0.1) is 11.1 Å². The summed E-state index contributed by atoms with van der Waals surface area (Å²) in [5, 5.41) is 10.8. The number of rotatable bonds is 2. The Morgan fingerprint density at radius 2 is 1.94 bits per heavy atom. The van der Waals surface area contributed by atoms with Crippen LogP contribution in [0.25, 0.3) is 11.1 Å². The van der Waals surface area contributed by atoms with Gasteiger partial charge in [0.1, 0.15) is 23.7 Å². The molecule has 35 heavy (non-hydrogen) atoms. The molecule has 3 aliphatic rings. The van der Waals surface area contributed by atoms with Gasteiger partial charge in [0, 0.05) is 19.4 Å². The third-order valence-corrected chi connectivity index (χ3v) is 7.35. The summed E-state index contributed by atoms with van der Waals surface area (Å²) >= 11 is 0. The molecule has 2 aliphatic heterocycles. The number of nitrogens with two attached hydrogens (primary N) is 1. The van der Waals surface area contributed by atoms with Gasteiger partial charge >= 0.3 is 0 Å². The highest BCUT2D eigenvalue weighted by Gasteiger charge is 2.50. The molecule has 1 aliphatic carbocycles. The van der Waals surface area contributed by atoms with E-state index in [1.807, 2.05) is 24.3 Å². The Kier molecular flexibility index (Phi) is 5.01. The molecule has 0 bridgehead atoms. The van der Waals surface area contributed by atoms with Gasteiger partial charge in [-0.15, -0.1) is 0 Å². The molecule has 3 atom stereocenters. The number of guanidine groups is 1. The fraction of sp³-hybridized carbons (Fsp3) is 0.286. The molecule has 0 fully saturated rings. The average Bonchev–Trinajstić information content (AvgIpc) is 3.16. The van der Waals surface area contributed by atoms with E-state index >= 15 is 0 Å². The molecule has 1 spiro atoms. The number of benzene rings is 3. The second-order valence-corrected chi connectivity index (χ2v) is 9.42. The molecule has 0 amide bonds. The molecule has 0 saturated carbocycles. The summed E-state index contributed by atoms with van der Waals surface area (Å²) in [6.07, 6.45) is 3.61. The molecule has 7 heteroatoms. The normalized spacial score (nSPS) is 24.8. The maximum atomic E-state index is 13.9. The maximum Gasteiger partial charge on any atom is 0.221 e. The molecular formula is C28H25FN4O2. The number of halogens is 1. The molecule has 2 N–H and O–H groups in total. The van der Waals surface area contributed by atoms with Crippen molar-refractivity contribution in [1.29, 1.82) is 5.26 Å². The molecule has 176 valence electrons. The minimum absolute atomic E-state index is 0.00123. The van der Waals surface area contributed by atoms with Crippen molar-refractivity contribution in [2.24, 2.45) is 10.7 Å². The fourth-order valence-corrected chi connectivity index (χ4v) is 5.64. The predicted octanol–water partition coefficient (Wildman–Crippen LogP) is 4.98. The lowest BCUT2D eigenvalue weighted by molar-refractivity contribution is -0.192. The van der Waals surface area contributed by atoms with Gasteiger partial charge in [-0.1, -0.05) is 36.4 Å². The Bertz CT molecular complexity index is 1400. The van der Waals surface area contributed by atoms with Crippen LogP contribution in [0.3, 0.4) is 0 Å². The largest absolute Gasteiger partial charge is 0.489 e. The predicted molar refractivity (Wildman–Crippen MR) is 130 cm³/mol. The number of hydrogen-bond donors (Lipinski definition) is 1. The first-order valence-corrected chi connectivity index (χ1v) is 11.8. The molecule has 0 saturated heterocycles. The van der Waals surface area contributed by atoms with Gasteiger partial charge in [-0.05, 0) is 65.8 Å². The molecule has 6 rings (SSSR count). The highest BCUT2D eigenvalue weighted by Crippen LogP contribution is 2.50. The lowest BCUT2D eigenvalue weighted by Crippen LogP contribution is -2.42. The lowest BCUT2D eigenvalue weighted by Gasteiger charge is -2.41. The maximum absolute atomic E-state index is 13.9. The summed E-state index contributed by atoms with van der Waals surface area (Å²) in [6.45, 7) is 0. The summed E-state index contributed by atoms with van der Waals surface area (Å²) in [4.78, 5) is 11.1. The van der Waals surface area contributed by atoms with Crippen molar-refractivity contribution < 1.29 is 14.0 Å². The van der Waals surface area contributed by atoms with Crippen molar-refractivity contribution in [2.75, 3.05) is 7.05 Å². The van der Waals surface area contributed by atoms with Gasteiger partial charge < -0.3 is 10.5 Å². The zero-order chi connectivity index (χ0) is 24.2. The summed E-state index contributed by atoms with van der Waals surface area (Å²) in [6, 6.07) is 20.8. The number of hydrogen-bond acceptors (Lipinski definition) is 6. The number of aryl methyl sites for hydroxylation is 1. The summed E-state index contributed by atoms with van der Waals surface area (Å²) in [7, 11) is 1.75. The van der Waals surface area contributed by atoms with E-state index in [9.17, 15) is 9.65 Å². The number of hydroxylamine groups is 2. The minimum Gasteiger partial charge on any atom is -0.489 e. The second-order valence-electron chi connectivity index (χ2n) is 9.42. The lowest BCUT2D eigenvalue weighted by atomic mass is 9.76. The Balaban J connectivity index is 1.44. The highest BCUT2D eigenvalue weighted by molar-refractivity contribution is 5.79. The number of nitrogens with zero attached hydrogens (tertiary/aromatic N) is 3. The second kappa shape index (κ2) is 8.10. The van der Waals surface area contributed by atoms with Gasteiger partial charge in [-0.3, -0.25) is 0 Å². The van der Waals surface area contributed by atoms with Crippen molar-refractivity contribution in [3.63, 3.8) is 0 Å². The molecular weight excluding hydrogens is 443 g/mol. The van der Waals surface area contributed by atoms with Gasteiger partial charge in [0.2, 0.25) is 11.7 Å². The molecule has 0 radical (unpaired) electrons. The Hall–Kier alpha value is -3.89. The monoisotopic (exact) mass is 468 g/mol. The molecule has 3 aromatic rings. The SMILES string of the molecule is CN1O[C@@]2(C[C@@H](C3CCCc4ccccc43)Oc3ccc(-c4ccc(F)c(C#N)c4)cc32)N=C1N. The van der Waals surface area contributed by atoms with E-state index in [0.717, 1.165) is 36.0 Å². The first-order valence-electron chi connectivity index (χ1n) is 11.8. The van der Waals surface area contributed by atoms with Gasteiger partial charge in [-0.25, -0.2) is 19.3 Å². The third-order valence-electron chi connectivity index (χ3n) is 7.35. The van der Waals surface area contributed by atoms with Crippen molar-refractivity contribution in [2.45, 2.75) is 43.4 Å². The quantitative estimate of drug-likeness (QED) is 0.574. The van der Waals surface area contributed by atoms with Crippen LogP contribution >= 0.6 is 0 Å². The topological polar surface area (TPSA) is 83.9 Å². The van der Waals surface area contributed by atoms with Crippen LogP contribution in [0.15, 0.2) is 65.7 Å². The first kappa shape index (κ1) is 21.6. The van der Waals surface area contributed by atoms with Crippen molar-refractivity contribution in [1.82, 2.24) is 5.06 Å². The van der Waals surface area contributed by atoms with Crippen LogP contribution in [0.1, 0.15) is 47.4 Å². The Morgan fingerprint density at radius 3 is 2.74 bits per heavy atom. The van der Waals surface area contributed by atoms with E-state index in [2.05, 4.69) is 24.3 Å². The first-order chi connectivity index (χ1) is 17.0. The van der Waals surface area contributed by atoms with E-state index in [1.54, 1.807) is 19.2 Å². The molecule has 1 unspecified atom stereocenters. The Morgan fingerprint density at radius 1 is 1.14 bits per heavy atom. The van der Waals surface area contributed by atoms with E-state index in [-0.39, 0.29) is 17.6 Å². The average molecular weight is 469 g/mol. The fourth-order valence-electron chi connectivity index (χ4n) is 5.64. The van der Waals surface area contributed by atoms with Crippen LogP contribution in [0.4, 0.5) is 4.39 Å². The van der Waals surface area contributed by atoms with E-state index in [1.165, 1.54) is 22.3 Å². The molecule has 0 aromatic heterocycles. The summed E-state index contributed by atoms with van der Waals surface area (Å²) in [5.41, 5.74) is 10.2. The minimum atomic E-state index is -1.02. The van der Waals surface area contributed by atoms with Crippen LogP contribution in [0.5, 0.6) is 5.75 Å². The smallest absolute Gasteiger partial charge is 0.221 e. The molecule has 6 nitrogen and oxygen atoms in total. The zero-order valence-electron chi connectivity index (χ0n) is 19.4. The van der Waals surface area contributed by atoms with Crippen LogP contribution < -0.4 is 10.5 Å². The van der Waals surface area contributed by atoms with E-state index in [0.29, 0.717) is 18.1 Å². The number of nitriles is 1. The van der Waals surface area contributed by atoms with Gasteiger partial charge in [0.25, 0.3) is 0 Å². The van der Waals surface area contributed by atoms with Crippen LogP contribution in [-0.4, -0.2) is 24.2 Å². The van der Waals surface area contributed by atoms with Crippen molar-refractivity contribution in [3.8, 4) is 22.9 Å². The van der Waals surface area contributed by atoms with Crippen LogP contribution in [-0.2, 0) is 17.0 Å². The summed E-state index contributed by atoms with van der Waals surface area (Å²) in [5.74, 6) is 0.690.